The van der Waals surface area contributed by atoms with Crippen LogP contribution in [0.25, 0.3) is 0 Å². The number of anilines is 1. The van der Waals surface area contributed by atoms with Gasteiger partial charge in [-0.25, -0.2) is 4.79 Å². The van der Waals surface area contributed by atoms with Gasteiger partial charge in [-0.05, 0) is 45.0 Å². The van der Waals surface area contributed by atoms with Crippen LogP contribution in [0.15, 0.2) is 40.1 Å². The lowest BCUT2D eigenvalue weighted by Crippen LogP contribution is -2.40. The minimum atomic E-state index is -0.492. The molecule has 25 heavy (non-hydrogen) atoms. The number of hydrogen-bond acceptors (Lipinski definition) is 4. The van der Waals surface area contributed by atoms with Crippen LogP contribution in [0.3, 0.4) is 0 Å². The number of aromatic amines is 1. The highest BCUT2D eigenvalue weighted by atomic mass is 16.2. The normalized spacial score (nSPS) is 11.2. The second-order valence-corrected chi connectivity index (χ2v) is 7.08. The Morgan fingerprint density at radius 2 is 1.76 bits per heavy atom. The van der Waals surface area contributed by atoms with E-state index in [1.807, 2.05) is 51.9 Å². The molecule has 0 aliphatic rings. The number of nitrogens with zero attached hydrogens (tertiary/aromatic N) is 2. The van der Waals surface area contributed by atoms with Crippen molar-refractivity contribution in [1.82, 2.24) is 14.9 Å². The first-order chi connectivity index (χ1) is 11.6. The number of aromatic nitrogens is 2. The van der Waals surface area contributed by atoms with Crippen molar-refractivity contribution in [2.45, 2.75) is 32.9 Å². The SMILES string of the molecule is CN(C)c1ccc(C(=O)NCc2cn(C(C)(C)C)c(=O)[nH]c2=O)cc1. The molecule has 1 aromatic carbocycles. The fourth-order valence-corrected chi connectivity index (χ4v) is 2.32. The zero-order chi connectivity index (χ0) is 18.8. The molecule has 7 heteroatoms. The molecule has 0 aliphatic carbocycles. The van der Waals surface area contributed by atoms with Gasteiger partial charge in [-0.15, -0.1) is 0 Å². The Hall–Kier alpha value is -2.83. The maximum Gasteiger partial charge on any atom is 0.328 e. The van der Waals surface area contributed by atoms with Crippen molar-refractivity contribution < 1.29 is 4.79 Å². The molecule has 1 aromatic heterocycles. The number of hydrogen-bond donors (Lipinski definition) is 2. The smallest absolute Gasteiger partial charge is 0.328 e. The third-order valence-electron chi connectivity index (χ3n) is 3.82. The quantitative estimate of drug-likeness (QED) is 0.875. The zero-order valence-electron chi connectivity index (χ0n) is 15.2. The van der Waals surface area contributed by atoms with E-state index in [0.29, 0.717) is 11.1 Å². The molecule has 1 amide bonds. The number of benzene rings is 1. The van der Waals surface area contributed by atoms with E-state index in [1.165, 1.54) is 10.8 Å². The second-order valence-electron chi connectivity index (χ2n) is 7.08. The molecule has 0 saturated heterocycles. The molecule has 0 radical (unpaired) electrons. The topological polar surface area (TPSA) is 87.2 Å². The van der Waals surface area contributed by atoms with Crippen molar-refractivity contribution in [3.63, 3.8) is 0 Å². The van der Waals surface area contributed by atoms with Crippen molar-refractivity contribution in [2.75, 3.05) is 19.0 Å². The van der Waals surface area contributed by atoms with Crippen molar-refractivity contribution in [3.8, 4) is 0 Å². The molecule has 0 atom stereocenters. The third kappa shape index (κ3) is 4.37. The number of carbonyl (C=O) groups is 1. The summed E-state index contributed by atoms with van der Waals surface area (Å²) in [7, 11) is 3.84. The van der Waals surface area contributed by atoms with Crippen LogP contribution in [-0.4, -0.2) is 29.6 Å². The molecular weight excluding hydrogens is 320 g/mol. The van der Waals surface area contributed by atoms with Crippen LogP contribution in [-0.2, 0) is 12.1 Å². The number of H-pyrrole nitrogens is 1. The van der Waals surface area contributed by atoms with Crippen LogP contribution >= 0.6 is 0 Å². The van der Waals surface area contributed by atoms with Gasteiger partial charge < -0.3 is 10.2 Å². The lowest BCUT2D eigenvalue weighted by Gasteiger charge is -2.22. The predicted molar refractivity (Wildman–Crippen MR) is 98.3 cm³/mol. The Labute approximate surface area is 146 Å². The zero-order valence-corrected chi connectivity index (χ0v) is 15.2. The highest BCUT2D eigenvalue weighted by Crippen LogP contribution is 2.12. The Kier molecular flexibility index (Phi) is 5.15. The van der Waals surface area contributed by atoms with Crippen LogP contribution in [0.1, 0.15) is 36.7 Å². The molecule has 0 saturated carbocycles. The summed E-state index contributed by atoms with van der Waals surface area (Å²) in [6.45, 7) is 5.63. The molecule has 0 aliphatic heterocycles. The molecule has 0 unspecified atom stereocenters. The first-order valence-electron chi connectivity index (χ1n) is 8.00. The van der Waals surface area contributed by atoms with Crippen molar-refractivity contribution in [3.05, 3.63) is 62.4 Å². The van der Waals surface area contributed by atoms with Gasteiger partial charge in [0.1, 0.15) is 0 Å². The summed E-state index contributed by atoms with van der Waals surface area (Å²) in [5.41, 5.74) is 0.395. The summed E-state index contributed by atoms with van der Waals surface area (Å²) in [5.74, 6) is -0.279. The van der Waals surface area contributed by atoms with Crippen molar-refractivity contribution in [1.29, 1.82) is 0 Å². The molecule has 2 rings (SSSR count). The summed E-state index contributed by atoms with van der Waals surface area (Å²) in [4.78, 5) is 40.4. The fourth-order valence-electron chi connectivity index (χ4n) is 2.32. The van der Waals surface area contributed by atoms with E-state index in [-0.39, 0.29) is 12.5 Å². The summed E-state index contributed by atoms with van der Waals surface area (Å²) in [5, 5.41) is 2.71. The van der Waals surface area contributed by atoms with Gasteiger partial charge >= 0.3 is 5.69 Å². The average molecular weight is 344 g/mol. The standard InChI is InChI=1S/C18H24N4O3/c1-18(2,3)22-11-13(16(24)20-17(22)25)10-19-15(23)12-6-8-14(9-7-12)21(4)5/h6-9,11H,10H2,1-5H3,(H,19,23)(H,20,24,25). The molecular formula is C18H24N4O3. The Bertz CT molecular complexity index is 871. The monoisotopic (exact) mass is 344 g/mol. The summed E-state index contributed by atoms with van der Waals surface area (Å²) in [6.07, 6.45) is 1.50. The lowest BCUT2D eigenvalue weighted by atomic mass is 10.1. The Balaban J connectivity index is 2.17. The van der Waals surface area contributed by atoms with Gasteiger partial charge in [-0.3, -0.25) is 19.1 Å². The van der Waals surface area contributed by atoms with Crippen molar-refractivity contribution >= 4 is 11.6 Å². The average Bonchev–Trinajstić information content (AvgIpc) is 2.52. The Morgan fingerprint density at radius 3 is 2.28 bits per heavy atom. The number of carbonyl (C=O) groups excluding carboxylic acids is 1. The van der Waals surface area contributed by atoms with Crippen LogP contribution in [0.5, 0.6) is 0 Å². The van der Waals surface area contributed by atoms with Crippen LogP contribution < -0.4 is 21.5 Å². The molecule has 1 heterocycles. The maximum absolute atomic E-state index is 12.3. The fraction of sp³-hybridized carbons (Fsp3) is 0.389. The molecule has 0 bridgehead atoms. The lowest BCUT2D eigenvalue weighted by molar-refractivity contribution is 0.0950. The van der Waals surface area contributed by atoms with Gasteiger partial charge in [0, 0.05) is 43.6 Å². The molecule has 0 fully saturated rings. The van der Waals surface area contributed by atoms with Crippen LogP contribution in [0.2, 0.25) is 0 Å². The number of rotatable bonds is 4. The number of nitrogens with one attached hydrogen (secondary N) is 2. The van der Waals surface area contributed by atoms with E-state index in [2.05, 4.69) is 10.3 Å². The van der Waals surface area contributed by atoms with E-state index < -0.39 is 16.8 Å². The molecule has 7 nitrogen and oxygen atoms in total. The third-order valence-corrected chi connectivity index (χ3v) is 3.82. The highest BCUT2D eigenvalue weighted by Gasteiger charge is 2.17. The van der Waals surface area contributed by atoms with E-state index in [9.17, 15) is 14.4 Å². The van der Waals surface area contributed by atoms with Gasteiger partial charge in [-0.1, -0.05) is 0 Å². The van der Waals surface area contributed by atoms with Gasteiger partial charge in [0.25, 0.3) is 11.5 Å². The summed E-state index contributed by atoms with van der Waals surface area (Å²) in [6, 6.07) is 7.15. The van der Waals surface area contributed by atoms with E-state index >= 15 is 0 Å². The van der Waals surface area contributed by atoms with Gasteiger partial charge in [0.15, 0.2) is 0 Å². The maximum atomic E-state index is 12.3. The largest absolute Gasteiger partial charge is 0.378 e. The summed E-state index contributed by atoms with van der Waals surface area (Å²) < 4.78 is 1.45. The highest BCUT2D eigenvalue weighted by molar-refractivity contribution is 5.94. The molecule has 0 spiro atoms. The molecule has 2 aromatic rings. The van der Waals surface area contributed by atoms with E-state index in [4.69, 9.17) is 0 Å². The second kappa shape index (κ2) is 6.96. The molecule has 2 N–H and O–H groups in total. The molecule has 134 valence electrons. The van der Waals surface area contributed by atoms with Crippen LogP contribution in [0.4, 0.5) is 5.69 Å². The van der Waals surface area contributed by atoms with Gasteiger partial charge in [-0.2, -0.15) is 0 Å². The van der Waals surface area contributed by atoms with E-state index in [1.54, 1.807) is 12.1 Å². The first-order valence-corrected chi connectivity index (χ1v) is 8.00. The van der Waals surface area contributed by atoms with Gasteiger partial charge in [0.05, 0.1) is 5.56 Å². The van der Waals surface area contributed by atoms with Gasteiger partial charge in [0.2, 0.25) is 0 Å². The number of amides is 1. The van der Waals surface area contributed by atoms with Crippen LogP contribution in [0, 0.1) is 0 Å². The van der Waals surface area contributed by atoms with E-state index in [0.717, 1.165) is 5.69 Å². The van der Waals surface area contributed by atoms with Crippen molar-refractivity contribution in [2.24, 2.45) is 0 Å². The minimum Gasteiger partial charge on any atom is -0.378 e. The minimum absolute atomic E-state index is 0.0416. The Morgan fingerprint density at radius 1 is 1.16 bits per heavy atom. The first kappa shape index (κ1) is 18.5. The predicted octanol–water partition coefficient (Wildman–Crippen LogP) is 1.29. The summed E-state index contributed by atoms with van der Waals surface area (Å²) >= 11 is 0.